The minimum absolute atomic E-state index is 0.0737. The lowest BCUT2D eigenvalue weighted by Crippen LogP contribution is -2.58. The molecule has 4 nitrogen and oxygen atoms in total. The van der Waals surface area contributed by atoms with E-state index < -0.39 is 5.60 Å². The van der Waals surface area contributed by atoms with Crippen molar-refractivity contribution in [2.45, 2.75) is 70.5 Å². The van der Waals surface area contributed by atoms with E-state index in [9.17, 15) is 14.7 Å². The maximum absolute atomic E-state index is 12.5. The molecule has 4 heteroatoms. The van der Waals surface area contributed by atoms with E-state index in [0.29, 0.717) is 24.2 Å². The van der Waals surface area contributed by atoms with Crippen LogP contribution in [0.15, 0.2) is 11.6 Å². The highest BCUT2D eigenvalue weighted by molar-refractivity contribution is 5.92. The molecule has 25 heavy (non-hydrogen) atoms. The summed E-state index contributed by atoms with van der Waals surface area (Å²) >= 11 is 0. The van der Waals surface area contributed by atoms with E-state index in [4.69, 9.17) is 4.74 Å². The third-order valence-corrected chi connectivity index (χ3v) is 9.00. The average molecular weight is 344 g/mol. The van der Waals surface area contributed by atoms with Gasteiger partial charge in [0.15, 0.2) is 17.2 Å². The van der Waals surface area contributed by atoms with E-state index in [1.807, 2.05) is 6.08 Å². The molecule has 0 amide bonds. The number of fused-ring (bicyclic) bond motifs is 7. The van der Waals surface area contributed by atoms with Gasteiger partial charge in [0.25, 0.3) is 0 Å². The van der Waals surface area contributed by atoms with Crippen LogP contribution in [0.25, 0.3) is 0 Å². The monoisotopic (exact) mass is 344 g/mol. The highest BCUT2D eigenvalue weighted by Crippen LogP contribution is 2.68. The second kappa shape index (κ2) is 4.83. The van der Waals surface area contributed by atoms with Gasteiger partial charge in [-0.3, -0.25) is 9.59 Å². The summed E-state index contributed by atoms with van der Waals surface area (Å²) < 4.78 is 5.72. The fourth-order valence-electron chi connectivity index (χ4n) is 7.53. The molecule has 136 valence electrons. The number of allylic oxidation sites excluding steroid dienone is 1. The van der Waals surface area contributed by atoms with Crippen molar-refractivity contribution in [3.8, 4) is 0 Å². The van der Waals surface area contributed by atoms with Crippen LogP contribution in [0, 0.1) is 28.6 Å². The molecule has 0 bridgehead atoms. The Morgan fingerprint density at radius 2 is 1.92 bits per heavy atom. The van der Waals surface area contributed by atoms with Gasteiger partial charge in [0.2, 0.25) is 0 Å². The van der Waals surface area contributed by atoms with Crippen molar-refractivity contribution < 1.29 is 19.4 Å². The minimum Gasteiger partial charge on any atom is -0.379 e. The molecule has 1 saturated heterocycles. The summed E-state index contributed by atoms with van der Waals surface area (Å²) in [4.78, 5) is 24.4. The topological polar surface area (TPSA) is 63.6 Å². The van der Waals surface area contributed by atoms with E-state index >= 15 is 0 Å². The van der Waals surface area contributed by atoms with E-state index in [-0.39, 0.29) is 35.1 Å². The molecule has 5 aliphatic rings. The predicted octanol–water partition coefficient (Wildman–Crippen LogP) is 2.83. The number of ether oxygens (including phenoxy) is 1. The van der Waals surface area contributed by atoms with Crippen molar-refractivity contribution in [1.29, 1.82) is 0 Å². The number of hydrogen-bond donors (Lipinski definition) is 1. The highest BCUT2D eigenvalue weighted by Gasteiger charge is 2.72. The number of Topliss-reactive ketones (excluding diaryl/α,β-unsaturated/α-hetero) is 1. The van der Waals surface area contributed by atoms with Gasteiger partial charge in [-0.15, -0.1) is 0 Å². The lowest BCUT2D eigenvalue weighted by atomic mass is 9.46. The van der Waals surface area contributed by atoms with Gasteiger partial charge in [-0.2, -0.15) is 0 Å². The van der Waals surface area contributed by atoms with Crippen molar-refractivity contribution in [1.82, 2.24) is 0 Å². The molecule has 1 heterocycles. The van der Waals surface area contributed by atoms with Gasteiger partial charge in [0.1, 0.15) is 6.61 Å². The fourth-order valence-corrected chi connectivity index (χ4v) is 7.53. The molecule has 0 aromatic heterocycles. The minimum atomic E-state index is -1.28. The highest BCUT2D eigenvalue weighted by atomic mass is 16.5. The second-order valence-corrected chi connectivity index (χ2v) is 9.65. The third-order valence-electron chi connectivity index (χ3n) is 9.00. The first-order valence-corrected chi connectivity index (χ1v) is 9.92. The number of rotatable bonds is 0. The Labute approximate surface area is 149 Å². The van der Waals surface area contributed by atoms with Gasteiger partial charge in [-0.1, -0.05) is 19.4 Å². The molecule has 7 atom stereocenters. The standard InChI is InChI=1S/C21H28O4/c1-19-7-5-13(22)9-12(19)3-4-14-15(19)6-8-20(2)16(14)10-18-21(20,24)17(23)11-25-18/h9,14-16,18,24H,3-8,10-11H2,1-2H3/t14-,15+,16+,18+,19-,20-,21+/m0/s1. The number of carbonyl (C=O) groups excluding carboxylic acids is 2. The van der Waals surface area contributed by atoms with Gasteiger partial charge >= 0.3 is 0 Å². The zero-order chi connectivity index (χ0) is 17.6. The first-order valence-electron chi connectivity index (χ1n) is 9.92. The Balaban J connectivity index is 1.53. The molecule has 4 fully saturated rings. The molecule has 0 unspecified atom stereocenters. The predicted molar refractivity (Wildman–Crippen MR) is 91.8 cm³/mol. The number of ketones is 2. The van der Waals surface area contributed by atoms with Crippen LogP contribution in [-0.4, -0.2) is 35.0 Å². The summed E-state index contributed by atoms with van der Waals surface area (Å²) in [5, 5.41) is 11.3. The van der Waals surface area contributed by atoms with Crippen LogP contribution in [0.2, 0.25) is 0 Å². The van der Waals surface area contributed by atoms with Crippen LogP contribution in [0.4, 0.5) is 0 Å². The van der Waals surface area contributed by atoms with Crippen molar-refractivity contribution in [3.05, 3.63) is 11.6 Å². The lowest BCUT2D eigenvalue weighted by molar-refractivity contribution is -0.159. The Hall–Kier alpha value is -1.00. The molecule has 1 aliphatic heterocycles. The molecule has 4 aliphatic carbocycles. The summed E-state index contributed by atoms with van der Waals surface area (Å²) in [7, 11) is 0. The molecule has 1 N–H and O–H groups in total. The maximum Gasteiger partial charge on any atom is 0.193 e. The van der Waals surface area contributed by atoms with Gasteiger partial charge < -0.3 is 9.84 Å². The molecule has 0 spiro atoms. The zero-order valence-corrected chi connectivity index (χ0v) is 15.2. The van der Waals surface area contributed by atoms with E-state index in [0.717, 1.165) is 38.5 Å². The Kier molecular flexibility index (Phi) is 3.13. The third kappa shape index (κ3) is 1.76. The van der Waals surface area contributed by atoms with Crippen LogP contribution in [0.3, 0.4) is 0 Å². The summed E-state index contributed by atoms with van der Waals surface area (Å²) in [6.45, 7) is 4.57. The van der Waals surface area contributed by atoms with Crippen LogP contribution in [0.1, 0.15) is 58.8 Å². The van der Waals surface area contributed by atoms with Crippen molar-refractivity contribution in [2.24, 2.45) is 28.6 Å². The maximum atomic E-state index is 12.5. The normalized spacial score (nSPS) is 54.4. The largest absolute Gasteiger partial charge is 0.379 e. The van der Waals surface area contributed by atoms with Gasteiger partial charge in [-0.05, 0) is 67.8 Å². The van der Waals surface area contributed by atoms with Crippen LogP contribution in [0.5, 0.6) is 0 Å². The smallest absolute Gasteiger partial charge is 0.193 e. The summed E-state index contributed by atoms with van der Waals surface area (Å²) in [5.41, 5.74) is -0.141. The summed E-state index contributed by atoms with van der Waals surface area (Å²) in [6.07, 6.45) is 8.06. The molecule has 0 aromatic carbocycles. The van der Waals surface area contributed by atoms with Gasteiger partial charge in [0.05, 0.1) is 6.10 Å². The quantitative estimate of drug-likeness (QED) is 0.734. The van der Waals surface area contributed by atoms with Crippen LogP contribution >= 0.6 is 0 Å². The summed E-state index contributed by atoms with van der Waals surface area (Å²) in [6, 6.07) is 0. The molecular formula is C21H28O4. The van der Waals surface area contributed by atoms with Gasteiger partial charge in [0, 0.05) is 11.8 Å². The van der Waals surface area contributed by atoms with Crippen LogP contribution < -0.4 is 0 Å². The zero-order valence-electron chi connectivity index (χ0n) is 15.2. The molecule has 5 rings (SSSR count). The number of aliphatic hydroxyl groups is 1. The van der Waals surface area contributed by atoms with Crippen molar-refractivity contribution in [3.63, 3.8) is 0 Å². The Bertz CT molecular complexity index is 696. The first-order chi connectivity index (χ1) is 11.8. The Morgan fingerprint density at radius 1 is 1.12 bits per heavy atom. The SMILES string of the molecule is C[C@]12CCC(=O)C=C1CC[C@H]1[C@H]2CC[C@@]2(C)[C@@H]1C[C@H]1OCC(=O)[C@@]12O. The summed E-state index contributed by atoms with van der Waals surface area (Å²) in [5.74, 6) is 1.62. The number of hydrogen-bond acceptors (Lipinski definition) is 4. The lowest BCUT2D eigenvalue weighted by Gasteiger charge is -2.58. The van der Waals surface area contributed by atoms with E-state index in [1.165, 1.54) is 5.57 Å². The molecule has 0 aromatic rings. The molecule has 3 saturated carbocycles. The molecular weight excluding hydrogens is 316 g/mol. The Morgan fingerprint density at radius 3 is 2.72 bits per heavy atom. The van der Waals surface area contributed by atoms with Crippen molar-refractivity contribution >= 4 is 11.6 Å². The van der Waals surface area contributed by atoms with Crippen molar-refractivity contribution in [2.75, 3.05) is 6.61 Å². The first kappa shape index (κ1) is 16.2. The second-order valence-electron chi connectivity index (χ2n) is 9.65. The molecule has 0 radical (unpaired) electrons. The van der Waals surface area contributed by atoms with Gasteiger partial charge in [-0.25, -0.2) is 0 Å². The average Bonchev–Trinajstić information content (AvgIpc) is 2.99. The van der Waals surface area contributed by atoms with E-state index in [1.54, 1.807) is 0 Å². The van der Waals surface area contributed by atoms with Crippen LogP contribution in [-0.2, 0) is 14.3 Å². The number of carbonyl (C=O) groups is 2. The van der Waals surface area contributed by atoms with E-state index in [2.05, 4.69) is 13.8 Å². The fraction of sp³-hybridized carbons (Fsp3) is 0.810.